The van der Waals surface area contributed by atoms with Gasteiger partial charge in [0.1, 0.15) is 17.2 Å². The van der Waals surface area contributed by atoms with Crippen LogP contribution in [0.4, 0.5) is 4.39 Å². The molecule has 0 bridgehead atoms. The van der Waals surface area contributed by atoms with Gasteiger partial charge in [-0.15, -0.1) is 11.8 Å². The molecule has 0 saturated carbocycles. The molecule has 0 radical (unpaired) electrons. The minimum Gasteiger partial charge on any atom is -0.352 e. The summed E-state index contributed by atoms with van der Waals surface area (Å²) in [6, 6.07) is 13.1. The molecule has 3 rings (SSSR count). The highest BCUT2D eigenvalue weighted by Crippen LogP contribution is 2.42. The highest BCUT2D eigenvalue weighted by Gasteiger charge is 2.42. The van der Waals surface area contributed by atoms with Crippen LogP contribution in [0.25, 0.3) is 0 Å². The zero-order chi connectivity index (χ0) is 22.1. The highest BCUT2D eigenvalue weighted by atomic mass is 32.2. The Morgan fingerprint density at radius 3 is 2.37 bits per heavy atom. The van der Waals surface area contributed by atoms with Crippen LogP contribution in [-0.2, 0) is 10.2 Å². The average Bonchev–Trinajstić information content (AvgIpc) is 3.11. The maximum absolute atomic E-state index is 13.9. The van der Waals surface area contributed by atoms with Gasteiger partial charge in [-0.05, 0) is 54.7 Å². The van der Waals surface area contributed by atoms with Crippen LogP contribution in [-0.4, -0.2) is 34.6 Å². The molecule has 2 atom stereocenters. The molecule has 6 heteroatoms. The van der Waals surface area contributed by atoms with Crippen molar-refractivity contribution in [2.75, 3.05) is 5.75 Å². The molecule has 0 aromatic heterocycles. The molecule has 1 saturated heterocycles. The van der Waals surface area contributed by atoms with Crippen molar-refractivity contribution in [3.05, 3.63) is 71.0 Å². The smallest absolute Gasteiger partial charge is 0.255 e. The summed E-state index contributed by atoms with van der Waals surface area (Å²) in [5.74, 6) is -0.300. The lowest BCUT2D eigenvalue weighted by molar-refractivity contribution is -0.125. The topological polar surface area (TPSA) is 49.4 Å². The molecule has 1 aliphatic rings. The Balaban J connectivity index is 1.96. The third kappa shape index (κ3) is 4.86. The van der Waals surface area contributed by atoms with E-state index in [1.165, 1.54) is 23.9 Å². The van der Waals surface area contributed by atoms with E-state index in [2.05, 4.69) is 26.1 Å². The van der Waals surface area contributed by atoms with Crippen molar-refractivity contribution in [2.45, 2.75) is 57.5 Å². The van der Waals surface area contributed by atoms with Gasteiger partial charge in [-0.2, -0.15) is 0 Å². The Bertz CT molecular complexity index is 922. The second-order valence-corrected chi connectivity index (χ2v) is 10.1. The Morgan fingerprint density at radius 1 is 1.13 bits per heavy atom. The Kier molecular flexibility index (Phi) is 6.56. The number of amides is 2. The first-order valence-electron chi connectivity index (χ1n) is 10.2. The fourth-order valence-corrected chi connectivity index (χ4v) is 4.93. The zero-order valence-corrected chi connectivity index (χ0v) is 18.9. The van der Waals surface area contributed by atoms with E-state index in [0.29, 0.717) is 16.9 Å². The number of rotatable bonds is 4. The Labute approximate surface area is 182 Å². The quantitative estimate of drug-likeness (QED) is 0.753. The van der Waals surface area contributed by atoms with Gasteiger partial charge in [0.25, 0.3) is 5.91 Å². The third-order valence-corrected chi connectivity index (χ3v) is 6.42. The van der Waals surface area contributed by atoms with Gasteiger partial charge in [0.05, 0.1) is 0 Å². The molecule has 2 aromatic carbocycles. The molecule has 1 fully saturated rings. The van der Waals surface area contributed by atoms with Crippen LogP contribution < -0.4 is 5.32 Å². The first-order valence-corrected chi connectivity index (χ1v) is 11.2. The summed E-state index contributed by atoms with van der Waals surface area (Å²) in [5.41, 5.74) is 2.31. The van der Waals surface area contributed by atoms with Crippen LogP contribution in [0.1, 0.15) is 61.5 Å². The maximum Gasteiger partial charge on any atom is 0.255 e. The summed E-state index contributed by atoms with van der Waals surface area (Å²) < 4.78 is 13.9. The molecule has 2 unspecified atom stereocenters. The summed E-state index contributed by atoms with van der Waals surface area (Å²) in [6.07, 6.45) is 0. The van der Waals surface area contributed by atoms with E-state index in [1.54, 1.807) is 17.0 Å². The molecule has 0 spiro atoms. The minimum atomic E-state index is -0.611. The van der Waals surface area contributed by atoms with E-state index in [-0.39, 0.29) is 29.1 Å². The minimum absolute atomic E-state index is 0.0190. The second kappa shape index (κ2) is 8.80. The summed E-state index contributed by atoms with van der Waals surface area (Å²) in [5, 5.41) is 2.50. The molecule has 2 aromatic rings. The molecular weight excluding hydrogens is 399 g/mol. The number of carbonyl (C=O) groups excluding carboxylic acids is 2. The van der Waals surface area contributed by atoms with Crippen molar-refractivity contribution >= 4 is 23.6 Å². The fraction of sp³-hybridized carbons (Fsp3) is 0.417. The van der Waals surface area contributed by atoms with Crippen LogP contribution in [0, 0.1) is 5.82 Å². The lowest BCUT2D eigenvalue weighted by Crippen LogP contribution is -2.49. The molecule has 1 heterocycles. The molecule has 30 heavy (non-hydrogen) atoms. The van der Waals surface area contributed by atoms with Crippen LogP contribution in [0.15, 0.2) is 48.5 Å². The number of benzene rings is 2. The van der Waals surface area contributed by atoms with Crippen molar-refractivity contribution < 1.29 is 14.0 Å². The summed E-state index contributed by atoms with van der Waals surface area (Å²) in [4.78, 5) is 28.0. The van der Waals surface area contributed by atoms with E-state index < -0.39 is 11.4 Å². The lowest BCUT2D eigenvalue weighted by atomic mass is 9.86. The Morgan fingerprint density at radius 2 is 1.80 bits per heavy atom. The average molecular weight is 429 g/mol. The van der Waals surface area contributed by atoms with E-state index in [4.69, 9.17) is 0 Å². The molecular formula is C24H29FN2O2S. The summed E-state index contributed by atoms with van der Waals surface area (Å²) >= 11 is 1.48. The monoisotopic (exact) mass is 428 g/mol. The molecule has 160 valence electrons. The maximum atomic E-state index is 13.9. The van der Waals surface area contributed by atoms with E-state index in [1.807, 2.05) is 38.1 Å². The van der Waals surface area contributed by atoms with Gasteiger partial charge in [0.2, 0.25) is 5.91 Å². The fourth-order valence-electron chi connectivity index (χ4n) is 3.52. The van der Waals surface area contributed by atoms with Gasteiger partial charge in [-0.25, -0.2) is 4.39 Å². The predicted octanol–water partition coefficient (Wildman–Crippen LogP) is 4.90. The molecule has 4 nitrogen and oxygen atoms in total. The standard InChI is InChI=1S/C24H29FN2O2S/c1-15(2)26-21(28)20-14-30-23(17-7-6-8-19(25)13-17)27(20)22(29)16-9-11-18(12-10-16)24(3,4)5/h6-13,15,20,23H,14H2,1-5H3,(H,26,28). The third-order valence-electron chi connectivity index (χ3n) is 5.10. The van der Waals surface area contributed by atoms with Gasteiger partial charge in [-0.1, -0.05) is 45.0 Å². The first kappa shape index (κ1) is 22.3. The number of thioether (sulfide) groups is 1. The van der Waals surface area contributed by atoms with Crippen LogP contribution in [0.5, 0.6) is 0 Å². The number of nitrogens with one attached hydrogen (secondary N) is 1. The van der Waals surface area contributed by atoms with E-state index in [9.17, 15) is 14.0 Å². The normalized spacial score (nSPS) is 19.2. The highest BCUT2D eigenvalue weighted by molar-refractivity contribution is 7.99. The van der Waals surface area contributed by atoms with Crippen molar-refractivity contribution in [2.24, 2.45) is 0 Å². The molecule has 1 aliphatic heterocycles. The number of halogens is 1. The first-order chi connectivity index (χ1) is 14.1. The molecule has 2 amide bonds. The van der Waals surface area contributed by atoms with E-state index in [0.717, 1.165) is 5.56 Å². The van der Waals surface area contributed by atoms with Crippen molar-refractivity contribution in [1.82, 2.24) is 10.2 Å². The van der Waals surface area contributed by atoms with Crippen molar-refractivity contribution in [1.29, 1.82) is 0 Å². The summed E-state index contributed by atoms with van der Waals surface area (Å²) in [7, 11) is 0. The number of nitrogens with zero attached hydrogens (tertiary/aromatic N) is 1. The SMILES string of the molecule is CC(C)NC(=O)C1CSC(c2cccc(F)c2)N1C(=O)c1ccc(C(C)(C)C)cc1. The van der Waals surface area contributed by atoms with Crippen LogP contribution in [0.2, 0.25) is 0 Å². The molecule has 0 aliphatic carbocycles. The van der Waals surface area contributed by atoms with Crippen LogP contribution in [0.3, 0.4) is 0 Å². The number of carbonyl (C=O) groups is 2. The number of hydrogen-bond donors (Lipinski definition) is 1. The second-order valence-electron chi connectivity index (χ2n) is 8.96. The summed E-state index contributed by atoms with van der Waals surface area (Å²) in [6.45, 7) is 10.1. The van der Waals surface area contributed by atoms with Gasteiger partial charge in [0.15, 0.2) is 0 Å². The van der Waals surface area contributed by atoms with Crippen molar-refractivity contribution in [3.63, 3.8) is 0 Å². The molecule has 1 N–H and O–H groups in total. The zero-order valence-electron chi connectivity index (χ0n) is 18.1. The van der Waals surface area contributed by atoms with Gasteiger partial charge in [-0.3, -0.25) is 9.59 Å². The van der Waals surface area contributed by atoms with E-state index >= 15 is 0 Å². The number of hydrogen-bond acceptors (Lipinski definition) is 3. The largest absolute Gasteiger partial charge is 0.352 e. The lowest BCUT2D eigenvalue weighted by Gasteiger charge is -2.30. The predicted molar refractivity (Wildman–Crippen MR) is 120 cm³/mol. The van der Waals surface area contributed by atoms with Crippen molar-refractivity contribution in [3.8, 4) is 0 Å². The van der Waals surface area contributed by atoms with Gasteiger partial charge >= 0.3 is 0 Å². The van der Waals surface area contributed by atoms with Gasteiger partial charge < -0.3 is 10.2 Å². The van der Waals surface area contributed by atoms with Crippen LogP contribution >= 0.6 is 11.8 Å². The Hall–Kier alpha value is -2.34. The van der Waals surface area contributed by atoms with Gasteiger partial charge in [0, 0.05) is 17.4 Å².